The smallest absolute Gasteiger partial charge is 0.173 e. The molecular formula is C12H14N2O. The van der Waals surface area contributed by atoms with Gasteiger partial charge in [-0.25, -0.2) is 0 Å². The zero-order chi connectivity index (χ0) is 11.3. The third-order valence-corrected chi connectivity index (χ3v) is 2.08. The monoisotopic (exact) mass is 202 g/mol. The van der Waals surface area contributed by atoms with Gasteiger partial charge in [0.25, 0.3) is 0 Å². The van der Waals surface area contributed by atoms with Crippen LogP contribution in [0.1, 0.15) is 18.9 Å². The van der Waals surface area contributed by atoms with Gasteiger partial charge in [-0.05, 0) is 5.56 Å². The molecule has 1 rings (SSSR count). The minimum Gasteiger partial charge on any atom is -0.309 e. The van der Waals surface area contributed by atoms with Crippen molar-refractivity contribution in [2.45, 2.75) is 19.8 Å². The number of benzene rings is 1. The molecule has 0 bridgehead atoms. The molecular weight excluding hydrogens is 188 g/mol. The Kier molecular flexibility index (Phi) is 3.92. The fourth-order valence-electron chi connectivity index (χ4n) is 1.24. The van der Waals surface area contributed by atoms with Crippen molar-refractivity contribution < 1.29 is 4.79 Å². The van der Waals surface area contributed by atoms with Crippen molar-refractivity contribution in [1.82, 2.24) is 0 Å². The van der Waals surface area contributed by atoms with Crippen LogP contribution in [0.25, 0.3) is 0 Å². The van der Waals surface area contributed by atoms with E-state index in [9.17, 15) is 4.79 Å². The third-order valence-electron chi connectivity index (χ3n) is 2.08. The zero-order valence-electron chi connectivity index (χ0n) is 8.71. The van der Waals surface area contributed by atoms with Gasteiger partial charge in [-0.15, -0.1) is 0 Å². The molecule has 1 aromatic rings. The summed E-state index contributed by atoms with van der Waals surface area (Å²) in [6.45, 7) is 1.36. The first kappa shape index (κ1) is 11.3. The number of nitrogens with one attached hydrogen (secondary N) is 2. The summed E-state index contributed by atoms with van der Waals surface area (Å²) < 4.78 is 0. The molecule has 0 saturated heterocycles. The predicted molar refractivity (Wildman–Crippen MR) is 60.9 cm³/mol. The summed E-state index contributed by atoms with van der Waals surface area (Å²) in [7, 11) is 0. The molecule has 0 aliphatic carbocycles. The Morgan fingerprint density at radius 2 is 1.80 bits per heavy atom. The predicted octanol–water partition coefficient (Wildman–Crippen LogP) is 2.25. The van der Waals surface area contributed by atoms with Gasteiger partial charge in [0.15, 0.2) is 5.78 Å². The molecule has 0 spiro atoms. The van der Waals surface area contributed by atoms with Crippen molar-refractivity contribution in [3.63, 3.8) is 0 Å². The standard InChI is InChI=1S/C12H14N2O/c1-9(15)12(14)8-11(13)7-10-5-3-2-4-6-10/h2-6,13-14H,7-8H2,1H3. The highest BCUT2D eigenvalue weighted by Gasteiger charge is 2.07. The van der Waals surface area contributed by atoms with Gasteiger partial charge >= 0.3 is 0 Å². The van der Waals surface area contributed by atoms with Crippen molar-refractivity contribution >= 4 is 17.2 Å². The maximum atomic E-state index is 10.8. The molecule has 0 aromatic heterocycles. The quantitative estimate of drug-likeness (QED) is 0.706. The molecule has 3 heteroatoms. The van der Waals surface area contributed by atoms with E-state index in [1.165, 1.54) is 6.92 Å². The number of rotatable bonds is 5. The van der Waals surface area contributed by atoms with E-state index in [0.29, 0.717) is 12.1 Å². The number of ketones is 1. The molecule has 0 heterocycles. The van der Waals surface area contributed by atoms with Gasteiger partial charge < -0.3 is 10.8 Å². The van der Waals surface area contributed by atoms with E-state index in [4.69, 9.17) is 10.8 Å². The van der Waals surface area contributed by atoms with Crippen molar-refractivity contribution in [1.29, 1.82) is 10.8 Å². The van der Waals surface area contributed by atoms with Crippen LogP contribution < -0.4 is 0 Å². The summed E-state index contributed by atoms with van der Waals surface area (Å²) in [4.78, 5) is 10.8. The minimum absolute atomic E-state index is 0.0101. The summed E-state index contributed by atoms with van der Waals surface area (Å²) >= 11 is 0. The first-order valence-corrected chi connectivity index (χ1v) is 4.78. The fraction of sp³-hybridized carbons (Fsp3) is 0.250. The average Bonchev–Trinajstić information content (AvgIpc) is 2.18. The Labute approximate surface area is 89.2 Å². The maximum absolute atomic E-state index is 10.8. The molecule has 3 nitrogen and oxygen atoms in total. The second kappa shape index (κ2) is 5.20. The van der Waals surface area contributed by atoms with E-state index in [0.717, 1.165) is 5.56 Å². The number of carbonyl (C=O) groups excluding carboxylic acids is 1. The van der Waals surface area contributed by atoms with Gasteiger partial charge in [0.1, 0.15) is 0 Å². The first-order chi connectivity index (χ1) is 7.09. The number of carbonyl (C=O) groups is 1. The van der Waals surface area contributed by atoms with Crippen LogP contribution in [0.4, 0.5) is 0 Å². The largest absolute Gasteiger partial charge is 0.309 e. The zero-order valence-corrected chi connectivity index (χ0v) is 8.71. The average molecular weight is 202 g/mol. The lowest BCUT2D eigenvalue weighted by Crippen LogP contribution is -2.15. The van der Waals surface area contributed by atoms with Gasteiger partial charge in [-0.1, -0.05) is 30.3 Å². The van der Waals surface area contributed by atoms with Crippen LogP contribution in [0.2, 0.25) is 0 Å². The van der Waals surface area contributed by atoms with Crippen LogP contribution in [0, 0.1) is 10.8 Å². The fourth-order valence-corrected chi connectivity index (χ4v) is 1.24. The molecule has 78 valence electrons. The van der Waals surface area contributed by atoms with E-state index in [1.54, 1.807) is 0 Å². The Balaban J connectivity index is 2.51. The van der Waals surface area contributed by atoms with E-state index < -0.39 is 0 Å². The Morgan fingerprint density at radius 3 is 2.33 bits per heavy atom. The molecule has 0 atom stereocenters. The lowest BCUT2D eigenvalue weighted by Gasteiger charge is -2.03. The summed E-state index contributed by atoms with van der Waals surface area (Å²) in [5.74, 6) is -0.257. The van der Waals surface area contributed by atoms with E-state index in [-0.39, 0.29) is 17.9 Å². The minimum atomic E-state index is -0.257. The number of Topliss-reactive ketones (excluding diaryl/α,β-unsaturated/α-hetero) is 1. The van der Waals surface area contributed by atoms with Crippen molar-refractivity contribution in [3.05, 3.63) is 35.9 Å². The SMILES string of the molecule is CC(=O)C(=N)CC(=N)Cc1ccccc1. The molecule has 0 aliphatic heterocycles. The second-order valence-corrected chi connectivity index (χ2v) is 3.48. The molecule has 0 radical (unpaired) electrons. The summed E-state index contributed by atoms with van der Waals surface area (Å²) in [5, 5.41) is 15.0. The number of hydrogen-bond acceptors (Lipinski definition) is 3. The summed E-state index contributed by atoms with van der Waals surface area (Å²) in [6, 6.07) is 9.63. The molecule has 2 N–H and O–H groups in total. The molecule has 0 fully saturated rings. The van der Waals surface area contributed by atoms with Crippen LogP contribution in [-0.2, 0) is 11.2 Å². The molecule has 0 unspecified atom stereocenters. The summed E-state index contributed by atoms with van der Waals surface area (Å²) in [5.41, 5.74) is 1.45. The van der Waals surface area contributed by atoms with E-state index >= 15 is 0 Å². The highest BCUT2D eigenvalue weighted by atomic mass is 16.1. The highest BCUT2D eigenvalue weighted by Crippen LogP contribution is 2.02. The van der Waals surface area contributed by atoms with Crippen molar-refractivity contribution in [2.24, 2.45) is 0 Å². The van der Waals surface area contributed by atoms with Crippen molar-refractivity contribution in [2.75, 3.05) is 0 Å². The van der Waals surface area contributed by atoms with Crippen LogP contribution in [-0.4, -0.2) is 17.2 Å². The Morgan fingerprint density at radius 1 is 1.20 bits per heavy atom. The maximum Gasteiger partial charge on any atom is 0.173 e. The van der Waals surface area contributed by atoms with E-state index in [1.807, 2.05) is 30.3 Å². The second-order valence-electron chi connectivity index (χ2n) is 3.48. The van der Waals surface area contributed by atoms with Crippen LogP contribution >= 0.6 is 0 Å². The van der Waals surface area contributed by atoms with Crippen LogP contribution in [0.5, 0.6) is 0 Å². The molecule has 1 aromatic carbocycles. The van der Waals surface area contributed by atoms with Gasteiger partial charge in [0, 0.05) is 25.5 Å². The molecule has 0 amide bonds. The lowest BCUT2D eigenvalue weighted by molar-refractivity contribution is -0.111. The van der Waals surface area contributed by atoms with Crippen molar-refractivity contribution in [3.8, 4) is 0 Å². The Hall–Kier alpha value is -1.77. The molecule has 0 aliphatic rings. The highest BCUT2D eigenvalue weighted by molar-refractivity contribution is 6.40. The Bertz CT molecular complexity index is 382. The normalized spacial score (nSPS) is 9.67. The van der Waals surface area contributed by atoms with Crippen LogP contribution in [0.15, 0.2) is 30.3 Å². The molecule has 15 heavy (non-hydrogen) atoms. The third kappa shape index (κ3) is 3.85. The number of hydrogen-bond donors (Lipinski definition) is 2. The lowest BCUT2D eigenvalue weighted by atomic mass is 10.0. The molecule has 0 saturated carbocycles. The topological polar surface area (TPSA) is 64.8 Å². The summed E-state index contributed by atoms with van der Waals surface area (Å²) in [6.07, 6.45) is 0.667. The first-order valence-electron chi connectivity index (χ1n) is 4.78. The van der Waals surface area contributed by atoms with Gasteiger partial charge in [-0.2, -0.15) is 0 Å². The van der Waals surface area contributed by atoms with Gasteiger partial charge in [0.05, 0.1) is 5.71 Å². The van der Waals surface area contributed by atoms with E-state index in [2.05, 4.69) is 0 Å². The van der Waals surface area contributed by atoms with Gasteiger partial charge in [0.2, 0.25) is 0 Å². The van der Waals surface area contributed by atoms with Gasteiger partial charge in [-0.3, -0.25) is 4.79 Å². The van der Waals surface area contributed by atoms with Crippen LogP contribution in [0.3, 0.4) is 0 Å².